The van der Waals surface area contributed by atoms with E-state index >= 15 is 0 Å². The summed E-state index contributed by atoms with van der Waals surface area (Å²) in [7, 11) is 0. The molecule has 0 saturated carbocycles. The van der Waals surface area contributed by atoms with Crippen LogP contribution in [0.3, 0.4) is 0 Å². The van der Waals surface area contributed by atoms with Crippen molar-refractivity contribution < 1.29 is 0 Å². The second-order valence-electron chi connectivity index (χ2n) is 6.69. The normalized spacial score (nSPS) is 11.2. The Balaban J connectivity index is 1.68. The second-order valence-corrected chi connectivity index (χ2v) is 6.69. The highest BCUT2D eigenvalue weighted by Crippen LogP contribution is 2.35. The molecule has 0 amide bonds. The van der Waals surface area contributed by atoms with Crippen LogP contribution in [0.15, 0.2) is 97.1 Å². The van der Waals surface area contributed by atoms with Crippen LogP contribution in [0.2, 0.25) is 0 Å². The van der Waals surface area contributed by atoms with Crippen molar-refractivity contribution in [1.29, 1.82) is 0 Å². The minimum absolute atomic E-state index is 0.821. The van der Waals surface area contributed by atoms with E-state index in [9.17, 15) is 0 Å². The first-order valence-corrected chi connectivity index (χ1v) is 9.01. The van der Waals surface area contributed by atoms with Gasteiger partial charge in [0.2, 0.25) is 0 Å². The van der Waals surface area contributed by atoms with Crippen molar-refractivity contribution in [2.45, 2.75) is 6.54 Å². The van der Waals surface area contributed by atoms with Crippen LogP contribution in [0.25, 0.3) is 32.3 Å². The molecule has 0 fully saturated rings. The number of nitrogens with one attached hydrogen (secondary N) is 1. The van der Waals surface area contributed by atoms with E-state index in [1.165, 1.54) is 37.9 Å². The highest BCUT2D eigenvalue weighted by Gasteiger charge is 2.08. The van der Waals surface area contributed by atoms with Gasteiger partial charge < -0.3 is 5.32 Å². The van der Waals surface area contributed by atoms with E-state index in [1.54, 1.807) is 0 Å². The van der Waals surface area contributed by atoms with Crippen molar-refractivity contribution in [2.75, 3.05) is 5.32 Å². The van der Waals surface area contributed by atoms with Crippen LogP contribution in [-0.2, 0) is 6.54 Å². The maximum absolute atomic E-state index is 3.51. The van der Waals surface area contributed by atoms with Gasteiger partial charge in [-0.1, -0.05) is 78.9 Å². The number of hydrogen-bond donors (Lipinski definition) is 1. The lowest BCUT2D eigenvalue weighted by atomic mass is 9.93. The number of benzene rings is 5. The molecular formula is C25H19N. The number of fused-ring (bicyclic) bond motifs is 6. The molecule has 0 radical (unpaired) electrons. The maximum atomic E-state index is 3.51. The zero-order valence-corrected chi connectivity index (χ0v) is 14.4. The van der Waals surface area contributed by atoms with E-state index < -0.39 is 0 Å². The molecule has 0 saturated heterocycles. The van der Waals surface area contributed by atoms with E-state index in [4.69, 9.17) is 0 Å². The lowest BCUT2D eigenvalue weighted by Gasteiger charge is -2.12. The van der Waals surface area contributed by atoms with Gasteiger partial charge in [-0.25, -0.2) is 0 Å². The Labute approximate surface area is 152 Å². The van der Waals surface area contributed by atoms with Gasteiger partial charge in [-0.2, -0.15) is 0 Å². The summed E-state index contributed by atoms with van der Waals surface area (Å²) in [4.78, 5) is 0. The lowest BCUT2D eigenvalue weighted by Crippen LogP contribution is -1.99. The van der Waals surface area contributed by atoms with Crippen LogP contribution in [0.5, 0.6) is 0 Å². The number of anilines is 1. The third kappa shape index (κ3) is 2.49. The average Bonchev–Trinajstić information content (AvgIpc) is 2.73. The SMILES string of the molecule is c1ccc(NCc2ccc3c4ccccc4c4ccccc4c3c2)cc1. The van der Waals surface area contributed by atoms with Gasteiger partial charge >= 0.3 is 0 Å². The standard InChI is InChI=1S/C25H19N/c1-2-8-19(9-3-1)26-17-18-14-15-24-22-12-5-4-10-20(22)21-11-6-7-13-23(21)25(24)16-18/h1-16,26H,17H2. The molecule has 1 nitrogen and oxygen atoms in total. The van der Waals surface area contributed by atoms with Crippen LogP contribution in [0.1, 0.15) is 5.56 Å². The molecule has 0 aliphatic carbocycles. The van der Waals surface area contributed by atoms with Crippen LogP contribution in [0, 0.1) is 0 Å². The molecule has 0 aliphatic heterocycles. The van der Waals surface area contributed by atoms with Gasteiger partial charge in [0.05, 0.1) is 0 Å². The maximum Gasteiger partial charge on any atom is 0.0401 e. The molecule has 0 aromatic heterocycles. The van der Waals surface area contributed by atoms with Gasteiger partial charge in [-0.3, -0.25) is 0 Å². The molecular weight excluding hydrogens is 314 g/mol. The molecule has 5 aromatic rings. The van der Waals surface area contributed by atoms with Crippen LogP contribution >= 0.6 is 0 Å². The van der Waals surface area contributed by atoms with E-state index in [0.29, 0.717) is 0 Å². The minimum Gasteiger partial charge on any atom is -0.381 e. The van der Waals surface area contributed by atoms with Crippen LogP contribution < -0.4 is 5.32 Å². The Morgan fingerprint density at radius 3 is 1.58 bits per heavy atom. The molecule has 0 atom stereocenters. The van der Waals surface area contributed by atoms with E-state index in [1.807, 2.05) is 6.07 Å². The fraction of sp³-hybridized carbons (Fsp3) is 0.0400. The van der Waals surface area contributed by atoms with E-state index in [0.717, 1.165) is 12.2 Å². The van der Waals surface area contributed by atoms with Crippen molar-refractivity contribution in [3.8, 4) is 0 Å². The monoisotopic (exact) mass is 333 g/mol. The summed E-state index contributed by atoms with van der Waals surface area (Å²) in [6.45, 7) is 0.821. The number of hydrogen-bond acceptors (Lipinski definition) is 1. The summed E-state index contributed by atoms with van der Waals surface area (Å²) in [5, 5.41) is 11.5. The third-order valence-electron chi connectivity index (χ3n) is 5.08. The summed E-state index contributed by atoms with van der Waals surface area (Å²) >= 11 is 0. The summed E-state index contributed by atoms with van der Waals surface area (Å²) in [5.41, 5.74) is 2.44. The molecule has 124 valence electrons. The summed E-state index contributed by atoms with van der Waals surface area (Å²) in [6.07, 6.45) is 0. The van der Waals surface area contributed by atoms with Gasteiger partial charge in [0.15, 0.2) is 0 Å². The van der Waals surface area contributed by atoms with Crippen molar-refractivity contribution >= 4 is 38.0 Å². The third-order valence-corrected chi connectivity index (χ3v) is 5.08. The molecule has 26 heavy (non-hydrogen) atoms. The molecule has 0 bridgehead atoms. The molecule has 1 N–H and O–H groups in total. The summed E-state index contributed by atoms with van der Waals surface area (Å²) < 4.78 is 0. The van der Waals surface area contributed by atoms with Crippen molar-refractivity contribution in [2.24, 2.45) is 0 Å². The molecule has 0 aliphatic rings. The van der Waals surface area contributed by atoms with Gasteiger partial charge in [0.25, 0.3) is 0 Å². The lowest BCUT2D eigenvalue weighted by molar-refractivity contribution is 1.16. The highest BCUT2D eigenvalue weighted by molar-refractivity contribution is 6.25. The molecule has 1 heteroatoms. The average molecular weight is 333 g/mol. The van der Waals surface area contributed by atoms with Crippen LogP contribution in [0.4, 0.5) is 5.69 Å². The molecule has 5 rings (SSSR count). The Morgan fingerprint density at radius 1 is 0.462 bits per heavy atom. The summed E-state index contributed by atoms with van der Waals surface area (Å²) in [6, 6.07) is 34.6. The van der Waals surface area contributed by atoms with Crippen molar-refractivity contribution in [3.05, 3.63) is 103 Å². The first kappa shape index (κ1) is 15.0. The topological polar surface area (TPSA) is 12.0 Å². The van der Waals surface area contributed by atoms with Gasteiger partial charge in [0, 0.05) is 12.2 Å². The predicted octanol–water partition coefficient (Wildman–Crippen LogP) is 6.76. The largest absolute Gasteiger partial charge is 0.381 e. The fourth-order valence-electron chi connectivity index (χ4n) is 3.82. The second kappa shape index (κ2) is 6.20. The molecule has 5 aromatic carbocycles. The van der Waals surface area contributed by atoms with Gasteiger partial charge in [-0.15, -0.1) is 0 Å². The zero-order valence-electron chi connectivity index (χ0n) is 14.4. The molecule has 0 unspecified atom stereocenters. The summed E-state index contributed by atoms with van der Waals surface area (Å²) in [5.74, 6) is 0. The Hall–Kier alpha value is -3.32. The highest BCUT2D eigenvalue weighted by atomic mass is 14.9. The predicted molar refractivity (Wildman–Crippen MR) is 113 cm³/mol. The van der Waals surface area contributed by atoms with Gasteiger partial charge in [-0.05, 0) is 56.1 Å². The number of rotatable bonds is 3. The zero-order chi connectivity index (χ0) is 17.3. The first-order valence-electron chi connectivity index (χ1n) is 9.01. The van der Waals surface area contributed by atoms with Crippen LogP contribution in [-0.4, -0.2) is 0 Å². The fourth-order valence-corrected chi connectivity index (χ4v) is 3.82. The Morgan fingerprint density at radius 2 is 0.962 bits per heavy atom. The smallest absolute Gasteiger partial charge is 0.0401 e. The van der Waals surface area contributed by atoms with Gasteiger partial charge in [0.1, 0.15) is 0 Å². The van der Waals surface area contributed by atoms with Crippen molar-refractivity contribution in [1.82, 2.24) is 0 Å². The van der Waals surface area contributed by atoms with Crippen molar-refractivity contribution in [3.63, 3.8) is 0 Å². The Bertz CT molecular complexity index is 1190. The number of para-hydroxylation sites is 1. The minimum atomic E-state index is 0.821. The van der Waals surface area contributed by atoms with E-state index in [-0.39, 0.29) is 0 Å². The quantitative estimate of drug-likeness (QED) is 0.360. The molecule has 0 spiro atoms. The first-order chi connectivity index (χ1) is 12.9. The van der Waals surface area contributed by atoms with E-state index in [2.05, 4.69) is 96.3 Å². The molecule has 0 heterocycles. The Kier molecular flexibility index (Phi) is 3.57.